The van der Waals surface area contributed by atoms with Crippen molar-refractivity contribution in [3.8, 4) is 0 Å². The summed E-state index contributed by atoms with van der Waals surface area (Å²) < 4.78 is 3.23. The molecule has 0 spiro atoms. The molecule has 1 atom stereocenters. The predicted octanol–water partition coefficient (Wildman–Crippen LogP) is 10.2. The zero-order chi connectivity index (χ0) is 22.8. The first kappa shape index (κ1) is 25.2. The molecule has 0 nitrogen and oxygen atoms in total. The Morgan fingerprint density at radius 3 is 1.17 bits per heavy atom. The van der Waals surface area contributed by atoms with E-state index < -0.39 is 13.3 Å². The van der Waals surface area contributed by atoms with Crippen molar-refractivity contribution in [1.82, 2.24) is 0 Å². The van der Waals surface area contributed by atoms with Crippen molar-refractivity contribution in [1.29, 1.82) is 0 Å². The molecule has 3 fully saturated rings. The van der Waals surface area contributed by atoms with Crippen LogP contribution < -0.4 is 0 Å². The van der Waals surface area contributed by atoms with Crippen LogP contribution in [0.4, 0.5) is 0 Å². The molecule has 0 aliphatic heterocycles. The number of rotatable bonds is 3. The molecule has 30 heavy (non-hydrogen) atoms. The zero-order valence-corrected chi connectivity index (χ0v) is 24.9. The Morgan fingerprint density at radius 2 is 0.833 bits per heavy atom. The van der Waals surface area contributed by atoms with Crippen LogP contribution >= 0.6 is 0 Å². The van der Waals surface area contributed by atoms with E-state index in [9.17, 15) is 0 Å². The summed E-state index contributed by atoms with van der Waals surface area (Å²) in [5.41, 5.74) is 2.70. The summed E-state index contributed by atoms with van der Waals surface area (Å²) in [6, 6.07) is 0. The normalized spacial score (nSPS) is 33.9. The van der Waals surface area contributed by atoms with Crippen molar-refractivity contribution >= 4 is 13.3 Å². The minimum atomic E-state index is -2.18. The van der Waals surface area contributed by atoms with Crippen LogP contribution in [0.5, 0.6) is 0 Å². The molecule has 0 aromatic carbocycles. The van der Waals surface area contributed by atoms with Crippen molar-refractivity contribution in [2.45, 2.75) is 153 Å². The van der Waals surface area contributed by atoms with Gasteiger partial charge in [0.25, 0.3) is 0 Å². The summed E-state index contributed by atoms with van der Waals surface area (Å²) in [7, 11) is 0. The monoisotopic (exact) mass is 478 g/mol. The third-order valence-electron chi connectivity index (χ3n) is 9.95. The first-order valence-corrected chi connectivity index (χ1v) is 19.1. The van der Waals surface area contributed by atoms with Gasteiger partial charge in [-0.15, -0.1) is 0 Å². The molecule has 0 aromatic heterocycles. The van der Waals surface area contributed by atoms with Gasteiger partial charge in [-0.2, -0.15) is 0 Å². The molecule has 0 bridgehead atoms. The van der Waals surface area contributed by atoms with Gasteiger partial charge in [0, 0.05) is 0 Å². The van der Waals surface area contributed by atoms with E-state index in [0.717, 1.165) is 14.3 Å². The van der Waals surface area contributed by atoms with E-state index in [1.165, 1.54) is 57.8 Å². The van der Waals surface area contributed by atoms with E-state index in [0.29, 0.717) is 27.1 Å². The van der Waals surface area contributed by atoms with Crippen molar-refractivity contribution in [2.24, 2.45) is 27.1 Å². The molecule has 0 N–H and O–H groups in total. The summed E-state index contributed by atoms with van der Waals surface area (Å²) in [6.45, 7) is 26.0. The van der Waals surface area contributed by atoms with E-state index in [2.05, 4.69) is 75.0 Å². The number of hydrogen-bond acceptors (Lipinski definition) is 0. The summed E-state index contributed by atoms with van der Waals surface area (Å²) in [6.07, 6.45) is 15.0. The third-order valence-corrected chi connectivity index (χ3v) is 23.8. The average molecular weight is 477 g/mol. The molecular weight excluding hydrogens is 421 g/mol. The second-order valence-corrected chi connectivity index (χ2v) is 27.4. The standard InChI is InChI=1S/C29H56Ge/c1-25(2)14-12-13-22(15-25)30(11,23-16-26(3,4)20-27(5,6)17-23)24-18-28(7,8)21-29(9,10)19-24/h22-24H,12-21H2,1-11H3. The fourth-order valence-electron chi connectivity index (χ4n) is 9.80. The molecule has 1 heteroatoms. The van der Waals surface area contributed by atoms with Gasteiger partial charge in [0.05, 0.1) is 0 Å². The molecule has 3 aliphatic carbocycles. The van der Waals surface area contributed by atoms with Crippen molar-refractivity contribution in [3.05, 3.63) is 0 Å². The van der Waals surface area contributed by atoms with E-state index in [1.807, 2.05) is 0 Å². The van der Waals surface area contributed by atoms with E-state index in [-0.39, 0.29) is 0 Å². The molecule has 3 rings (SSSR count). The summed E-state index contributed by atoms with van der Waals surface area (Å²) in [4.78, 5) is 0. The van der Waals surface area contributed by atoms with Crippen LogP contribution in [-0.2, 0) is 0 Å². The van der Waals surface area contributed by atoms with Crippen LogP contribution in [0.25, 0.3) is 0 Å². The molecule has 0 amide bonds. The van der Waals surface area contributed by atoms with E-state index >= 15 is 0 Å². The van der Waals surface area contributed by atoms with E-state index in [1.54, 1.807) is 6.42 Å². The van der Waals surface area contributed by atoms with Crippen LogP contribution in [0, 0.1) is 27.1 Å². The molecule has 3 saturated carbocycles. The molecule has 1 unspecified atom stereocenters. The Labute approximate surface area is 193 Å². The fraction of sp³-hybridized carbons (Fsp3) is 1.00. The maximum absolute atomic E-state index is 3.00. The molecule has 176 valence electrons. The van der Waals surface area contributed by atoms with Crippen LogP contribution in [-0.4, -0.2) is 13.3 Å². The predicted molar refractivity (Wildman–Crippen MR) is 138 cm³/mol. The van der Waals surface area contributed by atoms with Crippen LogP contribution in [0.1, 0.15) is 133 Å². The van der Waals surface area contributed by atoms with Crippen molar-refractivity contribution in [2.75, 3.05) is 0 Å². The van der Waals surface area contributed by atoms with Crippen LogP contribution in [0.3, 0.4) is 0 Å². The minimum absolute atomic E-state index is 0.531. The topological polar surface area (TPSA) is 0 Å². The second kappa shape index (κ2) is 7.80. The Kier molecular flexibility index (Phi) is 6.55. The fourth-order valence-corrected chi connectivity index (χ4v) is 26.1. The van der Waals surface area contributed by atoms with Gasteiger partial charge >= 0.3 is 194 Å². The first-order valence-electron chi connectivity index (χ1n) is 13.4. The number of hydrogen-bond donors (Lipinski definition) is 0. The Bertz CT molecular complexity index is 550. The van der Waals surface area contributed by atoms with Crippen molar-refractivity contribution < 1.29 is 0 Å². The molecule has 3 aliphatic rings. The quantitative estimate of drug-likeness (QED) is 0.355. The zero-order valence-electron chi connectivity index (χ0n) is 22.8. The van der Waals surface area contributed by atoms with Gasteiger partial charge < -0.3 is 0 Å². The molecule has 0 aromatic rings. The molecular formula is C29H56Ge. The Balaban J connectivity index is 2.05. The van der Waals surface area contributed by atoms with Gasteiger partial charge in [-0.1, -0.05) is 0 Å². The van der Waals surface area contributed by atoms with Gasteiger partial charge in [-0.25, -0.2) is 0 Å². The maximum atomic E-state index is 3.00. The summed E-state index contributed by atoms with van der Waals surface area (Å²) >= 11 is -2.18. The van der Waals surface area contributed by atoms with Gasteiger partial charge in [-0.05, 0) is 0 Å². The van der Waals surface area contributed by atoms with Gasteiger partial charge in [-0.3, -0.25) is 0 Å². The van der Waals surface area contributed by atoms with E-state index in [4.69, 9.17) is 0 Å². The van der Waals surface area contributed by atoms with Crippen LogP contribution in [0.2, 0.25) is 20.0 Å². The summed E-state index contributed by atoms with van der Waals surface area (Å²) in [5, 5.41) is 0. The molecule has 0 saturated heterocycles. The van der Waals surface area contributed by atoms with Gasteiger partial charge in [0.2, 0.25) is 0 Å². The Hall–Kier alpha value is 0.543. The first-order chi connectivity index (χ1) is 13.4. The SMILES string of the molecule is CC1(C)CCC[CH]([Ge]([CH3])([CH]2CC(C)(C)CC(C)(C)C2)[CH]2CC(C)(C)CC(C)(C)C2)C1. The molecule has 0 heterocycles. The average Bonchev–Trinajstić information content (AvgIpc) is 2.46. The summed E-state index contributed by atoms with van der Waals surface area (Å²) in [5.74, 6) is 3.00. The van der Waals surface area contributed by atoms with Gasteiger partial charge in [0.15, 0.2) is 0 Å². The Morgan fingerprint density at radius 1 is 0.500 bits per heavy atom. The third kappa shape index (κ3) is 5.54. The second-order valence-electron chi connectivity index (χ2n) is 16.5. The molecule has 0 radical (unpaired) electrons. The van der Waals surface area contributed by atoms with Crippen LogP contribution in [0.15, 0.2) is 0 Å². The van der Waals surface area contributed by atoms with Crippen molar-refractivity contribution in [3.63, 3.8) is 0 Å². The van der Waals surface area contributed by atoms with Gasteiger partial charge in [0.1, 0.15) is 0 Å².